The van der Waals surface area contributed by atoms with E-state index in [2.05, 4.69) is 17.3 Å². The van der Waals surface area contributed by atoms with Gasteiger partial charge in [-0.3, -0.25) is 4.68 Å². The molecule has 1 aromatic rings. The summed E-state index contributed by atoms with van der Waals surface area (Å²) in [6, 6.07) is 0.651. The molecule has 1 saturated carbocycles. The third kappa shape index (κ3) is 4.51. The Balaban J connectivity index is 1.72. The first-order chi connectivity index (χ1) is 9.17. The molecule has 4 nitrogen and oxygen atoms in total. The maximum atomic E-state index is 9.69. The lowest BCUT2D eigenvalue weighted by atomic mass is 9.91. The van der Waals surface area contributed by atoms with Crippen molar-refractivity contribution in [3.05, 3.63) is 12.4 Å². The van der Waals surface area contributed by atoms with Crippen LogP contribution in [0.5, 0.6) is 0 Å². The second kappa shape index (κ2) is 6.77. The summed E-state index contributed by atoms with van der Waals surface area (Å²) in [7, 11) is 1.94. The first-order valence-electron chi connectivity index (χ1n) is 7.17. The van der Waals surface area contributed by atoms with Crippen LogP contribution in [0, 0.1) is 0 Å². The number of nitrogens with one attached hydrogen (secondary N) is 1. The van der Waals surface area contributed by atoms with Gasteiger partial charge in [-0.25, -0.2) is 0 Å². The smallest absolute Gasteiger partial charge is 0.0625 e. The van der Waals surface area contributed by atoms with E-state index >= 15 is 0 Å². The van der Waals surface area contributed by atoms with Crippen LogP contribution in [0.25, 0.3) is 0 Å². The summed E-state index contributed by atoms with van der Waals surface area (Å²) in [5.41, 5.74) is -0.0589. The molecule has 0 spiro atoms. The molecule has 108 valence electrons. The average molecular weight is 283 g/mol. The van der Waals surface area contributed by atoms with Crippen molar-refractivity contribution in [2.24, 2.45) is 7.05 Å². The molecule has 0 amide bonds. The van der Waals surface area contributed by atoms with Crippen molar-refractivity contribution in [2.75, 3.05) is 12.4 Å². The van der Waals surface area contributed by atoms with Crippen LogP contribution in [0.3, 0.4) is 0 Å². The largest absolute Gasteiger partial charge is 0.394 e. The number of nitrogens with zero attached hydrogens (tertiary/aromatic N) is 2. The molecule has 1 aliphatic carbocycles. The summed E-state index contributed by atoms with van der Waals surface area (Å²) in [4.78, 5) is 1.23. The van der Waals surface area contributed by atoms with Crippen molar-refractivity contribution >= 4 is 11.8 Å². The minimum Gasteiger partial charge on any atom is -0.394 e. The summed E-state index contributed by atoms with van der Waals surface area (Å²) in [5.74, 6) is 1.08. The molecule has 1 aromatic heterocycles. The molecule has 1 atom stereocenters. The maximum absolute atomic E-state index is 9.69. The summed E-state index contributed by atoms with van der Waals surface area (Å²) in [5, 5.41) is 17.5. The minimum absolute atomic E-state index is 0.0589. The van der Waals surface area contributed by atoms with Crippen molar-refractivity contribution in [3.8, 4) is 0 Å². The van der Waals surface area contributed by atoms with Crippen molar-refractivity contribution in [1.82, 2.24) is 15.1 Å². The number of aliphatic hydroxyl groups is 1. The van der Waals surface area contributed by atoms with E-state index in [1.807, 2.05) is 35.9 Å². The molecular weight excluding hydrogens is 258 g/mol. The highest BCUT2D eigenvalue weighted by atomic mass is 32.2. The highest BCUT2D eigenvalue weighted by Gasteiger charge is 2.33. The third-order valence-corrected chi connectivity index (χ3v) is 4.85. The van der Waals surface area contributed by atoms with Gasteiger partial charge in [-0.1, -0.05) is 6.92 Å². The fourth-order valence-electron chi connectivity index (χ4n) is 2.32. The monoisotopic (exact) mass is 283 g/mol. The van der Waals surface area contributed by atoms with Crippen LogP contribution in [0.15, 0.2) is 17.3 Å². The fraction of sp³-hybridized carbons (Fsp3) is 0.786. The zero-order chi connectivity index (χ0) is 13.7. The SMILES string of the molecule is CCC(CO)(CCCSc1cnn(C)c1)NC1CC1. The molecule has 0 radical (unpaired) electrons. The topological polar surface area (TPSA) is 50.1 Å². The van der Waals surface area contributed by atoms with Gasteiger partial charge in [0.2, 0.25) is 0 Å². The molecular formula is C14H25N3OS. The molecule has 0 saturated heterocycles. The van der Waals surface area contributed by atoms with E-state index < -0.39 is 0 Å². The number of rotatable bonds is 9. The number of aliphatic hydroxyl groups excluding tert-OH is 1. The molecule has 1 heterocycles. The maximum Gasteiger partial charge on any atom is 0.0625 e. The first-order valence-corrected chi connectivity index (χ1v) is 8.16. The van der Waals surface area contributed by atoms with Crippen LogP contribution in [-0.4, -0.2) is 38.8 Å². The van der Waals surface area contributed by atoms with Crippen molar-refractivity contribution in [3.63, 3.8) is 0 Å². The molecule has 1 unspecified atom stereocenters. The van der Waals surface area contributed by atoms with E-state index in [0.29, 0.717) is 6.04 Å². The second-order valence-corrected chi connectivity index (χ2v) is 6.68. The van der Waals surface area contributed by atoms with Gasteiger partial charge in [-0.05, 0) is 37.9 Å². The Morgan fingerprint density at radius 1 is 1.58 bits per heavy atom. The average Bonchev–Trinajstić information content (AvgIpc) is 3.14. The van der Waals surface area contributed by atoms with Gasteiger partial charge in [-0.2, -0.15) is 5.10 Å². The lowest BCUT2D eigenvalue weighted by Crippen LogP contribution is -2.49. The molecule has 0 aromatic carbocycles. The summed E-state index contributed by atoms with van der Waals surface area (Å²) in [6.07, 6.45) is 9.66. The van der Waals surface area contributed by atoms with E-state index in [9.17, 15) is 5.11 Å². The van der Waals surface area contributed by atoms with Crippen LogP contribution >= 0.6 is 11.8 Å². The quantitative estimate of drug-likeness (QED) is 0.539. The zero-order valence-corrected chi connectivity index (χ0v) is 12.7. The lowest BCUT2D eigenvalue weighted by molar-refractivity contribution is 0.144. The van der Waals surface area contributed by atoms with Gasteiger partial charge in [0.05, 0.1) is 12.8 Å². The summed E-state index contributed by atoms with van der Waals surface area (Å²) < 4.78 is 1.83. The Kier molecular flexibility index (Phi) is 5.30. The Hall–Kier alpha value is -0.520. The van der Waals surface area contributed by atoms with Gasteiger partial charge in [0.15, 0.2) is 0 Å². The number of hydrogen-bond donors (Lipinski definition) is 2. The van der Waals surface area contributed by atoms with Gasteiger partial charge in [0.25, 0.3) is 0 Å². The molecule has 2 N–H and O–H groups in total. The van der Waals surface area contributed by atoms with Crippen LogP contribution in [0.2, 0.25) is 0 Å². The molecule has 0 aliphatic heterocycles. The summed E-state index contributed by atoms with van der Waals surface area (Å²) >= 11 is 1.84. The van der Waals surface area contributed by atoms with Gasteiger partial charge in [0, 0.05) is 29.7 Å². The van der Waals surface area contributed by atoms with Gasteiger partial charge < -0.3 is 10.4 Å². The van der Waals surface area contributed by atoms with Gasteiger partial charge in [-0.15, -0.1) is 11.8 Å². The third-order valence-electron chi connectivity index (χ3n) is 3.82. The number of aryl methyl sites for hydroxylation is 1. The van der Waals surface area contributed by atoms with Crippen molar-refractivity contribution < 1.29 is 5.11 Å². The first kappa shape index (κ1) is 14.9. The Bertz CT molecular complexity index is 386. The van der Waals surface area contributed by atoms with Gasteiger partial charge >= 0.3 is 0 Å². The van der Waals surface area contributed by atoms with E-state index in [4.69, 9.17) is 0 Å². The van der Waals surface area contributed by atoms with Crippen LogP contribution in [0.1, 0.15) is 39.0 Å². The molecule has 5 heteroatoms. The number of thioether (sulfide) groups is 1. The Morgan fingerprint density at radius 3 is 2.89 bits per heavy atom. The van der Waals surface area contributed by atoms with Crippen molar-refractivity contribution in [1.29, 1.82) is 0 Å². The molecule has 1 aliphatic rings. The molecule has 1 fully saturated rings. The second-order valence-electron chi connectivity index (χ2n) is 5.51. The molecule has 2 rings (SSSR count). The number of aromatic nitrogens is 2. The predicted molar refractivity (Wildman–Crippen MR) is 79.4 cm³/mol. The van der Waals surface area contributed by atoms with Gasteiger partial charge in [0.1, 0.15) is 0 Å². The highest BCUT2D eigenvalue weighted by molar-refractivity contribution is 7.99. The normalized spacial score (nSPS) is 18.5. The van der Waals surface area contributed by atoms with E-state index in [-0.39, 0.29) is 12.1 Å². The molecule has 0 bridgehead atoms. The standard InChI is InChI=1S/C14H25N3OS/c1-3-14(11-18,16-12-5-6-12)7-4-8-19-13-9-15-17(2)10-13/h9-10,12,16,18H,3-8,11H2,1-2H3. The lowest BCUT2D eigenvalue weighted by Gasteiger charge is -2.32. The van der Waals surface area contributed by atoms with Crippen LogP contribution < -0.4 is 5.32 Å². The predicted octanol–water partition coefficient (Wildman–Crippen LogP) is 2.19. The molecule has 19 heavy (non-hydrogen) atoms. The highest BCUT2D eigenvalue weighted by Crippen LogP contribution is 2.28. The Labute approximate surface area is 120 Å². The fourth-order valence-corrected chi connectivity index (χ4v) is 3.20. The number of hydrogen-bond acceptors (Lipinski definition) is 4. The van der Waals surface area contributed by atoms with Crippen LogP contribution in [-0.2, 0) is 7.05 Å². The van der Waals surface area contributed by atoms with Crippen LogP contribution in [0.4, 0.5) is 0 Å². The van der Waals surface area contributed by atoms with E-state index in [1.165, 1.54) is 17.7 Å². The Morgan fingerprint density at radius 2 is 2.37 bits per heavy atom. The van der Waals surface area contributed by atoms with E-state index in [0.717, 1.165) is 25.0 Å². The minimum atomic E-state index is -0.0589. The zero-order valence-electron chi connectivity index (χ0n) is 11.9. The van der Waals surface area contributed by atoms with E-state index in [1.54, 1.807) is 0 Å². The summed E-state index contributed by atoms with van der Waals surface area (Å²) in [6.45, 7) is 2.41. The van der Waals surface area contributed by atoms with Crippen molar-refractivity contribution in [2.45, 2.75) is 55.5 Å².